The Morgan fingerprint density at radius 2 is 2.28 bits per heavy atom. The average Bonchev–Trinajstić information content (AvgIpc) is 2.35. The Morgan fingerprint density at radius 1 is 1.50 bits per heavy atom. The van der Waals surface area contributed by atoms with Crippen molar-refractivity contribution >= 4 is 23.6 Å². The van der Waals surface area contributed by atoms with E-state index in [-0.39, 0.29) is 18.4 Å². The number of carboxylic acid groups (broad SMARTS) is 1. The lowest BCUT2D eigenvalue weighted by Gasteiger charge is -2.23. The molecule has 0 aromatic heterocycles. The molecule has 104 valence electrons. The monoisotopic (exact) mass is 275 g/mol. The number of carbonyl (C=O) groups excluding carboxylic acids is 1. The molecule has 1 rings (SSSR count). The van der Waals surface area contributed by atoms with E-state index in [0.29, 0.717) is 13.0 Å². The summed E-state index contributed by atoms with van der Waals surface area (Å²) in [5.41, 5.74) is 0. The number of thioether (sulfide) groups is 1. The Morgan fingerprint density at radius 3 is 2.83 bits per heavy atom. The first-order valence-corrected chi connectivity index (χ1v) is 7.65. The minimum Gasteiger partial charge on any atom is -0.480 e. The van der Waals surface area contributed by atoms with Crippen LogP contribution in [0.25, 0.3) is 0 Å². The SMILES string of the molecule is CSCC[C@@H](NC(=O)CC1CCCCO1)C(=O)O. The molecule has 1 heterocycles. The molecule has 6 heteroatoms. The second kappa shape index (κ2) is 8.37. The van der Waals surface area contributed by atoms with Crippen LogP contribution < -0.4 is 5.32 Å². The van der Waals surface area contributed by atoms with Crippen LogP contribution in [0.4, 0.5) is 0 Å². The standard InChI is InChI=1S/C12H21NO4S/c1-18-7-5-10(12(15)16)13-11(14)8-9-4-2-3-6-17-9/h9-10H,2-8H2,1H3,(H,13,14)(H,15,16)/t9?,10-/m1/s1. The molecule has 0 aromatic carbocycles. The number of amides is 1. The van der Waals surface area contributed by atoms with Crippen molar-refractivity contribution in [2.45, 2.75) is 44.2 Å². The van der Waals surface area contributed by atoms with Crippen LogP contribution in [0.2, 0.25) is 0 Å². The molecule has 0 saturated carbocycles. The van der Waals surface area contributed by atoms with E-state index in [0.717, 1.165) is 25.0 Å². The Bertz CT molecular complexity index is 279. The summed E-state index contributed by atoms with van der Waals surface area (Å²) in [5.74, 6) is -0.477. The summed E-state index contributed by atoms with van der Waals surface area (Å²) in [4.78, 5) is 22.7. The van der Waals surface area contributed by atoms with E-state index in [4.69, 9.17) is 9.84 Å². The second-order valence-electron chi connectivity index (χ2n) is 4.43. The average molecular weight is 275 g/mol. The highest BCUT2D eigenvalue weighted by molar-refractivity contribution is 7.98. The van der Waals surface area contributed by atoms with Gasteiger partial charge in [0.1, 0.15) is 6.04 Å². The summed E-state index contributed by atoms with van der Waals surface area (Å²) < 4.78 is 5.46. The zero-order valence-corrected chi connectivity index (χ0v) is 11.5. The van der Waals surface area contributed by atoms with Crippen molar-refractivity contribution in [2.24, 2.45) is 0 Å². The molecule has 5 nitrogen and oxygen atoms in total. The van der Waals surface area contributed by atoms with Gasteiger partial charge in [0.2, 0.25) is 5.91 Å². The zero-order valence-electron chi connectivity index (χ0n) is 10.7. The Labute approximate surface area is 112 Å². The number of aliphatic carboxylic acids is 1. The summed E-state index contributed by atoms with van der Waals surface area (Å²) in [6.45, 7) is 0.701. The molecule has 1 saturated heterocycles. The van der Waals surface area contributed by atoms with Gasteiger partial charge in [-0.15, -0.1) is 0 Å². The zero-order chi connectivity index (χ0) is 13.4. The Hall–Kier alpha value is -0.750. The van der Waals surface area contributed by atoms with Crippen LogP contribution in [0.5, 0.6) is 0 Å². The number of carbonyl (C=O) groups is 2. The largest absolute Gasteiger partial charge is 0.480 e. The molecule has 1 fully saturated rings. The first kappa shape index (κ1) is 15.3. The van der Waals surface area contributed by atoms with Gasteiger partial charge in [-0.1, -0.05) is 0 Å². The smallest absolute Gasteiger partial charge is 0.326 e. The number of ether oxygens (including phenoxy) is 1. The van der Waals surface area contributed by atoms with Crippen molar-refractivity contribution in [3.63, 3.8) is 0 Å². The predicted octanol–water partition coefficient (Wildman–Crippen LogP) is 1.27. The lowest BCUT2D eigenvalue weighted by molar-refractivity contribution is -0.142. The first-order valence-electron chi connectivity index (χ1n) is 6.26. The maximum absolute atomic E-state index is 11.7. The minimum absolute atomic E-state index is 0.0475. The molecular weight excluding hydrogens is 254 g/mol. The van der Waals surface area contributed by atoms with Gasteiger partial charge in [0, 0.05) is 6.61 Å². The number of hydrogen-bond donors (Lipinski definition) is 2. The Kier molecular flexibility index (Phi) is 7.12. The van der Waals surface area contributed by atoms with Crippen LogP contribution in [0.15, 0.2) is 0 Å². The van der Waals surface area contributed by atoms with Gasteiger partial charge in [0.05, 0.1) is 12.5 Å². The third-order valence-electron chi connectivity index (χ3n) is 2.93. The quantitative estimate of drug-likeness (QED) is 0.732. The van der Waals surface area contributed by atoms with Gasteiger partial charge in [0.25, 0.3) is 0 Å². The fourth-order valence-electron chi connectivity index (χ4n) is 1.92. The molecule has 18 heavy (non-hydrogen) atoms. The molecule has 1 aliphatic rings. The normalized spacial score (nSPS) is 21.3. The number of hydrogen-bond acceptors (Lipinski definition) is 4. The van der Waals surface area contributed by atoms with E-state index in [9.17, 15) is 9.59 Å². The van der Waals surface area contributed by atoms with E-state index in [2.05, 4.69) is 5.32 Å². The predicted molar refractivity (Wildman–Crippen MR) is 70.8 cm³/mol. The number of rotatable bonds is 7. The second-order valence-corrected chi connectivity index (χ2v) is 5.42. The highest BCUT2D eigenvalue weighted by Gasteiger charge is 2.22. The molecule has 1 aliphatic heterocycles. The third kappa shape index (κ3) is 5.73. The summed E-state index contributed by atoms with van der Waals surface area (Å²) in [6.07, 6.45) is 5.59. The van der Waals surface area contributed by atoms with Gasteiger partial charge in [0.15, 0.2) is 0 Å². The van der Waals surface area contributed by atoms with Crippen LogP contribution in [-0.4, -0.2) is 47.7 Å². The lowest BCUT2D eigenvalue weighted by Crippen LogP contribution is -2.42. The van der Waals surface area contributed by atoms with E-state index >= 15 is 0 Å². The van der Waals surface area contributed by atoms with Gasteiger partial charge < -0.3 is 15.2 Å². The minimum atomic E-state index is -0.970. The van der Waals surface area contributed by atoms with Crippen molar-refractivity contribution < 1.29 is 19.4 Å². The van der Waals surface area contributed by atoms with Gasteiger partial charge in [-0.05, 0) is 37.7 Å². The maximum Gasteiger partial charge on any atom is 0.326 e. The van der Waals surface area contributed by atoms with Crippen molar-refractivity contribution in [3.8, 4) is 0 Å². The molecule has 0 spiro atoms. The van der Waals surface area contributed by atoms with Gasteiger partial charge in [-0.2, -0.15) is 11.8 Å². The van der Waals surface area contributed by atoms with Crippen LogP contribution in [-0.2, 0) is 14.3 Å². The maximum atomic E-state index is 11.7. The lowest BCUT2D eigenvalue weighted by atomic mass is 10.1. The fraction of sp³-hybridized carbons (Fsp3) is 0.833. The highest BCUT2D eigenvalue weighted by atomic mass is 32.2. The van der Waals surface area contributed by atoms with E-state index in [1.54, 1.807) is 11.8 Å². The van der Waals surface area contributed by atoms with E-state index in [1.807, 2.05) is 6.26 Å². The van der Waals surface area contributed by atoms with Crippen molar-refractivity contribution in [2.75, 3.05) is 18.6 Å². The van der Waals surface area contributed by atoms with Gasteiger partial charge in [-0.25, -0.2) is 4.79 Å². The van der Waals surface area contributed by atoms with Gasteiger partial charge in [-0.3, -0.25) is 4.79 Å². The summed E-state index contributed by atoms with van der Waals surface area (Å²) in [7, 11) is 0. The summed E-state index contributed by atoms with van der Waals surface area (Å²) in [6, 6.07) is -0.784. The molecule has 2 N–H and O–H groups in total. The van der Waals surface area contributed by atoms with Gasteiger partial charge >= 0.3 is 5.97 Å². The number of nitrogens with one attached hydrogen (secondary N) is 1. The highest BCUT2D eigenvalue weighted by Crippen LogP contribution is 2.15. The van der Waals surface area contributed by atoms with Crippen molar-refractivity contribution in [1.82, 2.24) is 5.32 Å². The number of carboxylic acids is 1. The topological polar surface area (TPSA) is 75.6 Å². The van der Waals surface area contributed by atoms with Crippen molar-refractivity contribution in [3.05, 3.63) is 0 Å². The van der Waals surface area contributed by atoms with Crippen molar-refractivity contribution in [1.29, 1.82) is 0 Å². The molecule has 1 unspecified atom stereocenters. The molecule has 1 amide bonds. The van der Waals surface area contributed by atoms with E-state index < -0.39 is 12.0 Å². The van der Waals surface area contributed by atoms with Crippen LogP contribution in [0.1, 0.15) is 32.1 Å². The van der Waals surface area contributed by atoms with Crippen LogP contribution in [0.3, 0.4) is 0 Å². The van der Waals surface area contributed by atoms with Crippen LogP contribution in [0, 0.1) is 0 Å². The molecule has 2 atom stereocenters. The fourth-order valence-corrected chi connectivity index (χ4v) is 2.39. The summed E-state index contributed by atoms with van der Waals surface area (Å²) >= 11 is 1.57. The molecule has 0 bridgehead atoms. The summed E-state index contributed by atoms with van der Waals surface area (Å²) in [5, 5.41) is 11.6. The third-order valence-corrected chi connectivity index (χ3v) is 3.57. The molecular formula is C12H21NO4S. The first-order chi connectivity index (χ1) is 8.63. The van der Waals surface area contributed by atoms with Crippen LogP contribution >= 0.6 is 11.8 Å². The molecule has 0 aromatic rings. The molecule has 0 aliphatic carbocycles. The Balaban J connectivity index is 2.32. The van der Waals surface area contributed by atoms with E-state index in [1.165, 1.54) is 0 Å². The molecule has 0 radical (unpaired) electrons.